The third-order valence-corrected chi connectivity index (χ3v) is 10.1. The Kier molecular flexibility index (Phi) is 10.1. The van der Waals surface area contributed by atoms with Gasteiger partial charge in [0.25, 0.3) is 5.91 Å². The Morgan fingerprint density at radius 1 is 1.07 bits per heavy atom. The molecule has 0 bridgehead atoms. The van der Waals surface area contributed by atoms with Crippen LogP contribution in [0.2, 0.25) is 0 Å². The summed E-state index contributed by atoms with van der Waals surface area (Å²) < 4.78 is 1.95. The van der Waals surface area contributed by atoms with E-state index >= 15 is 0 Å². The summed E-state index contributed by atoms with van der Waals surface area (Å²) in [5.41, 5.74) is 8.26. The minimum absolute atomic E-state index is 0.0951. The van der Waals surface area contributed by atoms with Crippen molar-refractivity contribution in [3.63, 3.8) is 0 Å². The first-order valence-electron chi connectivity index (χ1n) is 17.9. The minimum atomic E-state index is -0.718. The number of benzene rings is 2. The third kappa shape index (κ3) is 7.12. The molecule has 5 amide bonds. The van der Waals surface area contributed by atoms with E-state index in [1.165, 1.54) is 4.90 Å². The summed E-state index contributed by atoms with van der Waals surface area (Å²) in [7, 11) is 1.81. The molecule has 5 aromatic rings. The number of rotatable bonds is 11. The summed E-state index contributed by atoms with van der Waals surface area (Å²) in [5, 5.41) is 12.0. The van der Waals surface area contributed by atoms with Gasteiger partial charge in [-0.05, 0) is 66.1 Å². The second-order valence-electron chi connectivity index (χ2n) is 13.6. The van der Waals surface area contributed by atoms with Crippen LogP contribution in [0.5, 0.6) is 0 Å². The van der Waals surface area contributed by atoms with Gasteiger partial charge in [0, 0.05) is 55.5 Å². The minimum Gasteiger partial charge on any atom is -0.347 e. The summed E-state index contributed by atoms with van der Waals surface area (Å²) in [6.45, 7) is 4.91. The van der Waals surface area contributed by atoms with Crippen LogP contribution in [0.1, 0.15) is 63.9 Å². The zero-order chi connectivity index (χ0) is 37.9. The van der Waals surface area contributed by atoms with Gasteiger partial charge in [0.1, 0.15) is 11.7 Å². The molecule has 0 aliphatic carbocycles. The maximum atomic E-state index is 13.0. The second kappa shape index (κ2) is 15.2. The maximum absolute atomic E-state index is 13.0. The zero-order valence-electron chi connectivity index (χ0n) is 30.3. The average Bonchev–Trinajstić information content (AvgIpc) is 3.53. The molecule has 1 saturated heterocycles. The number of hydrogen-bond acceptors (Lipinski definition) is 8. The average molecular weight is 725 g/mol. The number of hydrogen-bond donors (Lipinski definition) is 2. The number of nitrogens with zero attached hydrogens (tertiary/aromatic N) is 6. The monoisotopic (exact) mass is 724 g/mol. The first kappa shape index (κ1) is 35.9. The fraction of sp³-hybridized carbons (Fsp3) is 0.268. The van der Waals surface area contributed by atoms with Crippen molar-refractivity contribution in [1.82, 2.24) is 40.2 Å². The lowest BCUT2D eigenvalue weighted by Gasteiger charge is -2.30. The molecule has 13 nitrogen and oxygen atoms in total. The second-order valence-corrected chi connectivity index (χ2v) is 13.6. The predicted octanol–water partition coefficient (Wildman–Crippen LogP) is 4.07. The lowest BCUT2D eigenvalue weighted by atomic mass is 9.98. The van der Waals surface area contributed by atoms with E-state index in [9.17, 15) is 24.0 Å². The highest BCUT2D eigenvalue weighted by atomic mass is 16.2. The number of carbonyl (C=O) groups excluding carboxylic acids is 5. The van der Waals surface area contributed by atoms with Gasteiger partial charge in [0.2, 0.25) is 24.1 Å². The molecule has 1 fully saturated rings. The molecule has 1 atom stereocenters. The molecular weight excluding hydrogens is 685 g/mol. The topological polar surface area (TPSA) is 159 Å². The Morgan fingerprint density at radius 3 is 2.67 bits per heavy atom. The molecule has 2 aromatic carbocycles. The molecule has 1 unspecified atom stereocenters. The van der Waals surface area contributed by atoms with Gasteiger partial charge in [-0.15, -0.1) is 0 Å². The quantitative estimate of drug-likeness (QED) is 0.152. The standard InChI is InChI=1S/C41H40N8O5/c1-4-32-29-19-39(52)47(3)23-37(29)49(46-32)35-12-6-10-27-18-34(44-21-30(27)35)28-13-14-33(43-20-28)40(53)42-17-7-11-26-9-5-8-25(2)31(26)22-48(24-50)36-15-16-38(51)45-41(36)54/h5-14,18,20-21,24,36H,4,15-17,19,22-23H2,1-3H3,(H,42,53)(H,45,51,54)/b11-7+. The molecule has 7 rings (SSSR count). The van der Waals surface area contributed by atoms with Crippen LogP contribution in [-0.2, 0) is 45.1 Å². The van der Waals surface area contributed by atoms with Crippen molar-refractivity contribution in [2.75, 3.05) is 13.6 Å². The van der Waals surface area contributed by atoms with Crippen molar-refractivity contribution in [2.24, 2.45) is 0 Å². The van der Waals surface area contributed by atoms with E-state index in [0.29, 0.717) is 25.1 Å². The highest BCUT2D eigenvalue weighted by molar-refractivity contribution is 6.01. The number of aromatic nitrogens is 4. The van der Waals surface area contributed by atoms with Gasteiger partial charge in [0.05, 0.1) is 35.7 Å². The number of fused-ring (bicyclic) bond motifs is 2. The number of amides is 5. The van der Waals surface area contributed by atoms with Crippen LogP contribution in [0.4, 0.5) is 0 Å². The molecule has 274 valence electrons. The number of nitrogens with one attached hydrogen (secondary N) is 2. The molecule has 2 aliphatic rings. The Morgan fingerprint density at radius 2 is 1.91 bits per heavy atom. The van der Waals surface area contributed by atoms with Crippen LogP contribution in [0.25, 0.3) is 33.8 Å². The Labute approximate surface area is 312 Å². The summed E-state index contributed by atoms with van der Waals surface area (Å²) in [6.07, 6.45) is 9.34. The van der Waals surface area contributed by atoms with Crippen LogP contribution in [-0.4, -0.2) is 79.2 Å². The highest BCUT2D eigenvalue weighted by Gasteiger charge is 2.32. The van der Waals surface area contributed by atoms with E-state index in [-0.39, 0.29) is 49.3 Å². The summed E-state index contributed by atoms with van der Waals surface area (Å²) >= 11 is 0. The largest absolute Gasteiger partial charge is 0.347 e. The summed E-state index contributed by atoms with van der Waals surface area (Å²) in [6, 6.07) is 16.5. The molecule has 54 heavy (non-hydrogen) atoms. The van der Waals surface area contributed by atoms with Crippen LogP contribution < -0.4 is 10.6 Å². The Hall–Kier alpha value is -6.50. The highest BCUT2D eigenvalue weighted by Crippen LogP contribution is 2.31. The Balaban J connectivity index is 1.02. The molecule has 2 N–H and O–H groups in total. The van der Waals surface area contributed by atoms with E-state index in [0.717, 1.165) is 62.1 Å². The van der Waals surface area contributed by atoms with Gasteiger partial charge in [-0.1, -0.05) is 49.4 Å². The fourth-order valence-electron chi connectivity index (χ4n) is 7.09. The van der Waals surface area contributed by atoms with Gasteiger partial charge < -0.3 is 15.1 Å². The third-order valence-electron chi connectivity index (χ3n) is 10.1. The van der Waals surface area contributed by atoms with Crippen molar-refractivity contribution >= 4 is 46.9 Å². The SMILES string of the molecule is CCc1nn(-c2cccc3cc(-c4ccc(C(=O)NC/C=C/c5cccc(C)c5CN(C=O)C5CCC(=O)NC5=O)nc4)ncc23)c2c1CC(=O)N(C)C2. The molecule has 0 spiro atoms. The van der Waals surface area contributed by atoms with Crippen molar-refractivity contribution in [3.8, 4) is 16.9 Å². The number of pyridine rings is 2. The molecule has 5 heterocycles. The lowest BCUT2D eigenvalue weighted by Crippen LogP contribution is -2.51. The summed E-state index contributed by atoms with van der Waals surface area (Å²) in [4.78, 5) is 73.8. The lowest BCUT2D eigenvalue weighted by molar-refractivity contribution is -0.141. The fourth-order valence-corrected chi connectivity index (χ4v) is 7.09. The molecule has 13 heteroatoms. The maximum Gasteiger partial charge on any atom is 0.270 e. The van der Waals surface area contributed by atoms with Crippen molar-refractivity contribution in [2.45, 2.75) is 58.7 Å². The molecule has 3 aromatic heterocycles. The first-order chi connectivity index (χ1) is 26.1. The molecule has 2 aliphatic heterocycles. The van der Waals surface area contributed by atoms with Gasteiger partial charge in [-0.2, -0.15) is 5.10 Å². The molecular formula is C41H40N8O5. The van der Waals surface area contributed by atoms with E-state index in [2.05, 4.69) is 22.5 Å². The number of piperidine rings is 1. The Bertz CT molecular complexity index is 2330. The molecule has 0 saturated carbocycles. The van der Waals surface area contributed by atoms with Crippen molar-refractivity contribution in [3.05, 3.63) is 112 Å². The zero-order valence-corrected chi connectivity index (χ0v) is 30.3. The van der Waals surface area contributed by atoms with Crippen LogP contribution in [0.3, 0.4) is 0 Å². The van der Waals surface area contributed by atoms with E-state index in [4.69, 9.17) is 10.1 Å². The number of aryl methyl sites for hydroxylation is 2. The van der Waals surface area contributed by atoms with Gasteiger partial charge in [-0.3, -0.25) is 39.3 Å². The van der Waals surface area contributed by atoms with Crippen LogP contribution in [0.15, 0.2) is 73.1 Å². The molecule has 0 radical (unpaired) electrons. The van der Waals surface area contributed by atoms with E-state index < -0.39 is 11.9 Å². The summed E-state index contributed by atoms with van der Waals surface area (Å²) in [5.74, 6) is -1.05. The van der Waals surface area contributed by atoms with Gasteiger partial charge in [-0.25, -0.2) is 4.68 Å². The van der Waals surface area contributed by atoms with Gasteiger partial charge in [0.15, 0.2) is 0 Å². The first-order valence-corrected chi connectivity index (χ1v) is 17.9. The normalized spacial score (nSPS) is 15.7. The smallest absolute Gasteiger partial charge is 0.270 e. The van der Waals surface area contributed by atoms with Crippen molar-refractivity contribution < 1.29 is 24.0 Å². The van der Waals surface area contributed by atoms with E-state index in [1.54, 1.807) is 17.2 Å². The van der Waals surface area contributed by atoms with Crippen LogP contribution in [0, 0.1) is 6.92 Å². The van der Waals surface area contributed by atoms with Gasteiger partial charge >= 0.3 is 0 Å². The number of carbonyl (C=O) groups is 5. The van der Waals surface area contributed by atoms with E-state index in [1.807, 2.05) is 85.5 Å². The number of imide groups is 1. The number of likely N-dealkylation sites (N-methyl/N-ethyl adjacent to an activating group) is 1. The van der Waals surface area contributed by atoms with Crippen LogP contribution >= 0.6 is 0 Å². The predicted molar refractivity (Wildman–Crippen MR) is 202 cm³/mol. The van der Waals surface area contributed by atoms with Crippen molar-refractivity contribution in [1.29, 1.82) is 0 Å².